The van der Waals surface area contributed by atoms with E-state index in [-0.39, 0.29) is 12.1 Å². The van der Waals surface area contributed by atoms with E-state index in [0.717, 1.165) is 65.1 Å². The van der Waals surface area contributed by atoms with Gasteiger partial charge < -0.3 is 19.7 Å². The molecule has 0 atom stereocenters. The number of likely N-dealkylation sites (tertiary alicyclic amines) is 1. The van der Waals surface area contributed by atoms with Crippen LogP contribution in [-0.4, -0.2) is 46.0 Å². The fourth-order valence-electron chi connectivity index (χ4n) is 4.27. The van der Waals surface area contributed by atoms with Gasteiger partial charge in [-0.1, -0.05) is 12.6 Å². The molecule has 3 aromatic rings. The molecule has 1 saturated heterocycles. The van der Waals surface area contributed by atoms with Gasteiger partial charge in [0.1, 0.15) is 17.6 Å². The molecule has 182 valence electrons. The lowest BCUT2D eigenvalue weighted by atomic mass is 10.0. The molecule has 7 nitrogen and oxygen atoms in total. The number of rotatable bonds is 7. The highest BCUT2D eigenvalue weighted by Crippen LogP contribution is 2.32. The molecule has 2 aliphatic rings. The number of nitrogens with zero attached hydrogens (tertiary/aromatic N) is 3. The number of carbonyl (C=O) groups is 1. The van der Waals surface area contributed by atoms with Crippen molar-refractivity contribution in [2.75, 3.05) is 18.4 Å². The summed E-state index contributed by atoms with van der Waals surface area (Å²) < 4.78 is 13.9. The van der Waals surface area contributed by atoms with Crippen molar-refractivity contribution in [1.82, 2.24) is 14.7 Å². The first-order chi connectivity index (χ1) is 16.9. The highest BCUT2D eigenvalue weighted by atomic mass is 16.5. The van der Waals surface area contributed by atoms with Gasteiger partial charge in [0, 0.05) is 56.0 Å². The molecule has 1 N–H and O–H groups in total. The molecule has 7 heteroatoms. The van der Waals surface area contributed by atoms with E-state index in [2.05, 4.69) is 29.1 Å². The van der Waals surface area contributed by atoms with Gasteiger partial charge in [-0.2, -0.15) is 5.10 Å². The molecule has 1 aliphatic heterocycles. The minimum absolute atomic E-state index is 0.0558. The Morgan fingerprint density at radius 2 is 1.71 bits per heavy atom. The van der Waals surface area contributed by atoms with E-state index in [1.165, 1.54) is 0 Å². The Labute approximate surface area is 206 Å². The molecule has 5 rings (SSSR count). The lowest BCUT2D eigenvalue weighted by Crippen LogP contribution is -2.43. The van der Waals surface area contributed by atoms with E-state index in [4.69, 9.17) is 9.47 Å². The number of aryl methyl sites for hydroxylation is 1. The highest BCUT2D eigenvalue weighted by molar-refractivity contribution is 5.89. The molecule has 1 aliphatic carbocycles. The lowest BCUT2D eigenvalue weighted by Gasteiger charge is -2.32. The molecule has 2 fully saturated rings. The average Bonchev–Trinajstić information content (AvgIpc) is 3.57. The van der Waals surface area contributed by atoms with Crippen LogP contribution in [-0.2, 0) is 7.05 Å². The minimum Gasteiger partial charge on any atom is -0.490 e. The Balaban J connectivity index is 1.16. The highest BCUT2D eigenvalue weighted by Gasteiger charge is 2.25. The largest absolute Gasteiger partial charge is 0.490 e. The number of benzene rings is 2. The number of hydrogen-bond acceptors (Lipinski definition) is 4. The molecular weight excluding hydrogens is 440 g/mol. The van der Waals surface area contributed by atoms with E-state index in [1.807, 2.05) is 61.6 Å². The van der Waals surface area contributed by atoms with Gasteiger partial charge in [-0.3, -0.25) is 4.68 Å². The van der Waals surface area contributed by atoms with Crippen LogP contribution >= 0.6 is 0 Å². The first-order valence-electron chi connectivity index (χ1n) is 12.2. The molecule has 0 radical (unpaired) electrons. The quantitative estimate of drug-likeness (QED) is 0.476. The van der Waals surface area contributed by atoms with E-state index in [1.54, 1.807) is 4.68 Å². The Morgan fingerprint density at radius 1 is 1.00 bits per heavy atom. The minimum atomic E-state index is -0.0808. The van der Waals surface area contributed by atoms with Crippen molar-refractivity contribution in [3.05, 3.63) is 67.0 Å². The van der Waals surface area contributed by atoms with E-state index in [0.29, 0.717) is 19.2 Å². The van der Waals surface area contributed by atoms with Crippen molar-refractivity contribution >= 4 is 17.3 Å². The molecule has 2 heterocycles. The Bertz CT molecular complexity index is 1210. The van der Waals surface area contributed by atoms with E-state index < -0.39 is 0 Å². The van der Waals surface area contributed by atoms with Gasteiger partial charge in [-0.15, -0.1) is 0 Å². The molecule has 0 unspecified atom stereocenters. The van der Waals surface area contributed by atoms with Gasteiger partial charge in [0.05, 0.1) is 12.3 Å². The summed E-state index contributed by atoms with van der Waals surface area (Å²) in [5, 5.41) is 7.26. The summed E-state index contributed by atoms with van der Waals surface area (Å²) in [6.45, 7) is 7.44. The number of ether oxygens (including phenoxy) is 2. The smallest absolute Gasteiger partial charge is 0.321 e. The van der Waals surface area contributed by atoms with Crippen molar-refractivity contribution in [3.63, 3.8) is 0 Å². The second kappa shape index (κ2) is 9.86. The predicted octanol–water partition coefficient (Wildman–Crippen LogP) is 5.74. The van der Waals surface area contributed by atoms with Gasteiger partial charge in [0.25, 0.3) is 0 Å². The number of allylic oxidation sites excluding steroid dienone is 1. The number of urea groups is 1. The maximum atomic E-state index is 12.7. The second-order valence-electron chi connectivity index (χ2n) is 9.47. The van der Waals surface area contributed by atoms with Crippen molar-refractivity contribution in [2.24, 2.45) is 7.05 Å². The number of hydrogen-bond donors (Lipinski definition) is 1. The standard InChI is InChI=1S/C28H32N4O3/c1-19(2)26-16-20(21-17-29-31(3)18-21)4-11-27(26)35-25-12-14-32(15-13-25)28(33)30-22-5-7-23(8-6-22)34-24-9-10-24/h4-8,11,16-18,24-25H,1,9-10,12-15H2,2-3H3,(H,30,33). The van der Waals surface area contributed by atoms with E-state index >= 15 is 0 Å². The van der Waals surface area contributed by atoms with Crippen LogP contribution < -0.4 is 14.8 Å². The van der Waals surface area contributed by atoms with Gasteiger partial charge in [-0.25, -0.2) is 4.79 Å². The van der Waals surface area contributed by atoms with Crippen LogP contribution in [0.15, 0.2) is 61.4 Å². The molecule has 35 heavy (non-hydrogen) atoms. The van der Waals surface area contributed by atoms with Crippen LogP contribution in [0, 0.1) is 0 Å². The molecule has 1 saturated carbocycles. The molecular formula is C28H32N4O3. The zero-order valence-electron chi connectivity index (χ0n) is 20.4. The zero-order chi connectivity index (χ0) is 24.4. The van der Waals surface area contributed by atoms with Crippen molar-refractivity contribution in [1.29, 1.82) is 0 Å². The fraction of sp³-hybridized carbons (Fsp3) is 0.357. The van der Waals surface area contributed by atoms with E-state index in [9.17, 15) is 4.79 Å². The molecule has 1 aromatic heterocycles. The SMILES string of the molecule is C=C(C)c1cc(-c2cnn(C)c2)ccc1OC1CCN(C(=O)Nc2ccc(OC3CC3)cc2)CC1. The lowest BCUT2D eigenvalue weighted by molar-refractivity contribution is 0.115. The summed E-state index contributed by atoms with van der Waals surface area (Å²) in [5.74, 6) is 1.69. The topological polar surface area (TPSA) is 68.6 Å². The Hall–Kier alpha value is -3.74. The third kappa shape index (κ3) is 5.67. The first kappa shape index (κ1) is 23.0. The number of piperidine rings is 1. The summed E-state index contributed by atoms with van der Waals surface area (Å²) >= 11 is 0. The van der Waals surface area contributed by atoms with Gasteiger partial charge >= 0.3 is 6.03 Å². The van der Waals surface area contributed by atoms with Crippen LogP contribution in [0.2, 0.25) is 0 Å². The zero-order valence-corrected chi connectivity index (χ0v) is 20.4. The summed E-state index contributed by atoms with van der Waals surface area (Å²) in [6, 6.07) is 13.7. The number of aromatic nitrogens is 2. The van der Waals surface area contributed by atoms with Crippen LogP contribution in [0.1, 0.15) is 38.2 Å². The Kier molecular flexibility index (Phi) is 6.49. The normalized spacial score (nSPS) is 16.1. The van der Waals surface area contributed by atoms with Crippen LogP contribution in [0.3, 0.4) is 0 Å². The Morgan fingerprint density at radius 3 is 2.34 bits per heavy atom. The molecule has 0 bridgehead atoms. The van der Waals surface area contributed by atoms with Crippen molar-refractivity contribution in [2.45, 2.75) is 44.8 Å². The third-order valence-corrected chi connectivity index (χ3v) is 6.43. The summed E-state index contributed by atoms with van der Waals surface area (Å²) in [5.41, 5.74) is 4.88. The summed E-state index contributed by atoms with van der Waals surface area (Å²) in [6.07, 6.45) is 8.09. The summed E-state index contributed by atoms with van der Waals surface area (Å²) in [4.78, 5) is 14.6. The van der Waals surface area contributed by atoms with Crippen molar-refractivity contribution in [3.8, 4) is 22.6 Å². The van der Waals surface area contributed by atoms with Gasteiger partial charge in [0.2, 0.25) is 0 Å². The van der Waals surface area contributed by atoms with Crippen LogP contribution in [0.4, 0.5) is 10.5 Å². The van der Waals surface area contributed by atoms with Crippen LogP contribution in [0.25, 0.3) is 16.7 Å². The molecule has 2 aromatic carbocycles. The monoisotopic (exact) mass is 472 g/mol. The van der Waals surface area contributed by atoms with Gasteiger partial charge in [0.15, 0.2) is 0 Å². The number of carbonyl (C=O) groups excluding carboxylic acids is 1. The average molecular weight is 473 g/mol. The van der Waals surface area contributed by atoms with Crippen LogP contribution in [0.5, 0.6) is 11.5 Å². The third-order valence-electron chi connectivity index (χ3n) is 6.43. The molecule has 2 amide bonds. The number of anilines is 1. The number of amides is 2. The van der Waals surface area contributed by atoms with Gasteiger partial charge in [-0.05, 0) is 67.3 Å². The first-order valence-corrected chi connectivity index (χ1v) is 12.2. The summed E-state index contributed by atoms with van der Waals surface area (Å²) in [7, 11) is 1.91. The van der Waals surface area contributed by atoms with Crippen molar-refractivity contribution < 1.29 is 14.3 Å². The predicted molar refractivity (Wildman–Crippen MR) is 138 cm³/mol. The second-order valence-corrected chi connectivity index (χ2v) is 9.47. The maximum absolute atomic E-state index is 12.7. The molecule has 0 spiro atoms. The fourth-order valence-corrected chi connectivity index (χ4v) is 4.27. The maximum Gasteiger partial charge on any atom is 0.321 e. The number of nitrogens with one attached hydrogen (secondary N) is 1.